The molecule has 0 radical (unpaired) electrons. The lowest BCUT2D eigenvalue weighted by Gasteiger charge is -2.45. The summed E-state index contributed by atoms with van der Waals surface area (Å²) in [6, 6.07) is 0. The van der Waals surface area contributed by atoms with Crippen LogP contribution in [0.25, 0.3) is 0 Å². The van der Waals surface area contributed by atoms with Crippen LogP contribution in [0.1, 0.15) is 25.7 Å². The maximum absolute atomic E-state index is 3.57. The van der Waals surface area contributed by atoms with Gasteiger partial charge in [0.15, 0.2) is 0 Å². The van der Waals surface area contributed by atoms with Gasteiger partial charge in [0.2, 0.25) is 0 Å². The van der Waals surface area contributed by atoms with Crippen molar-refractivity contribution in [3.63, 3.8) is 0 Å². The van der Waals surface area contributed by atoms with E-state index in [1.54, 1.807) is 25.7 Å². The van der Waals surface area contributed by atoms with E-state index in [4.69, 9.17) is 0 Å². The molecule has 1 nitrogen and oxygen atoms in total. The molecule has 0 aromatic carbocycles. The van der Waals surface area contributed by atoms with Crippen LogP contribution < -0.4 is 5.32 Å². The van der Waals surface area contributed by atoms with Gasteiger partial charge in [0.1, 0.15) is 0 Å². The van der Waals surface area contributed by atoms with E-state index in [0.29, 0.717) is 0 Å². The van der Waals surface area contributed by atoms with E-state index in [1.165, 1.54) is 13.1 Å². The molecule has 2 heteroatoms. The predicted octanol–water partition coefficient (Wildman–Crippen LogP) is 2.06. The molecular weight excluding hydrogens is 170 g/mol. The lowest BCUT2D eigenvalue weighted by molar-refractivity contribution is 0.0577. The minimum atomic E-state index is 0. The van der Waals surface area contributed by atoms with E-state index in [-0.39, 0.29) is 12.4 Å². The van der Waals surface area contributed by atoms with Crippen LogP contribution in [0.2, 0.25) is 0 Å². The molecule has 2 bridgehead atoms. The van der Waals surface area contributed by atoms with Gasteiger partial charge in [-0.1, -0.05) is 0 Å². The number of fused-ring (bicyclic) bond motifs is 2. The van der Waals surface area contributed by atoms with Crippen molar-refractivity contribution in [2.45, 2.75) is 25.7 Å². The monoisotopic (exact) mass is 187 g/mol. The van der Waals surface area contributed by atoms with Crippen molar-refractivity contribution in [2.75, 3.05) is 13.1 Å². The second-order valence-electron chi connectivity index (χ2n) is 4.66. The third-order valence-corrected chi connectivity index (χ3v) is 4.34. The quantitative estimate of drug-likeness (QED) is 0.613. The Balaban J connectivity index is 0.000000563. The van der Waals surface area contributed by atoms with Crippen LogP contribution in [0, 0.1) is 23.7 Å². The Morgan fingerprint density at radius 1 is 0.750 bits per heavy atom. The lowest BCUT2D eigenvalue weighted by Crippen LogP contribution is -2.38. The number of rotatable bonds is 0. The van der Waals surface area contributed by atoms with Crippen LogP contribution in [0.3, 0.4) is 0 Å². The van der Waals surface area contributed by atoms with Gasteiger partial charge in [0.05, 0.1) is 0 Å². The summed E-state index contributed by atoms with van der Waals surface area (Å²) >= 11 is 0. The predicted molar refractivity (Wildman–Crippen MR) is 52.5 cm³/mol. The zero-order valence-electron chi connectivity index (χ0n) is 7.46. The second kappa shape index (κ2) is 3.19. The van der Waals surface area contributed by atoms with Crippen LogP contribution in [0.5, 0.6) is 0 Å². The molecule has 4 rings (SSSR count). The highest BCUT2D eigenvalue weighted by Gasteiger charge is 2.45. The zero-order chi connectivity index (χ0) is 7.26. The third-order valence-electron chi connectivity index (χ3n) is 4.34. The average molecular weight is 188 g/mol. The molecule has 12 heavy (non-hydrogen) atoms. The molecule has 0 aromatic rings. The Hall–Kier alpha value is 0.250. The normalized spacial score (nSPS) is 50.0. The summed E-state index contributed by atoms with van der Waals surface area (Å²) in [5.74, 6) is 4.39. The largest absolute Gasteiger partial charge is 0.316 e. The van der Waals surface area contributed by atoms with E-state index >= 15 is 0 Å². The summed E-state index contributed by atoms with van der Waals surface area (Å²) in [5, 5.41) is 3.57. The molecule has 3 aliphatic carbocycles. The fraction of sp³-hybridized carbons (Fsp3) is 1.00. The maximum Gasteiger partial charge on any atom is -0.00145 e. The van der Waals surface area contributed by atoms with Gasteiger partial charge in [-0.25, -0.2) is 0 Å². The first-order valence-corrected chi connectivity index (χ1v) is 5.16. The van der Waals surface area contributed by atoms with Crippen molar-refractivity contribution in [3.8, 4) is 0 Å². The van der Waals surface area contributed by atoms with Crippen LogP contribution in [-0.4, -0.2) is 13.1 Å². The van der Waals surface area contributed by atoms with Crippen molar-refractivity contribution in [2.24, 2.45) is 23.7 Å². The van der Waals surface area contributed by atoms with Gasteiger partial charge in [0, 0.05) is 0 Å². The molecule has 2 unspecified atom stereocenters. The summed E-state index contributed by atoms with van der Waals surface area (Å²) in [4.78, 5) is 0. The van der Waals surface area contributed by atoms with Crippen molar-refractivity contribution < 1.29 is 0 Å². The van der Waals surface area contributed by atoms with Crippen molar-refractivity contribution >= 4 is 12.4 Å². The maximum atomic E-state index is 3.57. The van der Waals surface area contributed by atoms with Crippen LogP contribution in [0.4, 0.5) is 0 Å². The number of nitrogens with one attached hydrogen (secondary N) is 1. The summed E-state index contributed by atoms with van der Waals surface area (Å²) < 4.78 is 0. The van der Waals surface area contributed by atoms with Gasteiger partial charge in [-0.2, -0.15) is 0 Å². The highest BCUT2D eigenvalue weighted by Crippen LogP contribution is 2.49. The summed E-state index contributed by atoms with van der Waals surface area (Å²) in [5.41, 5.74) is 0. The van der Waals surface area contributed by atoms with E-state index < -0.39 is 0 Å². The Kier molecular flexibility index (Phi) is 2.35. The molecule has 0 spiro atoms. The van der Waals surface area contributed by atoms with Gasteiger partial charge in [-0.05, 0) is 62.4 Å². The van der Waals surface area contributed by atoms with Crippen molar-refractivity contribution in [1.82, 2.24) is 5.32 Å². The first-order valence-electron chi connectivity index (χ1n) is 5.16. The highest BCUT2D eigenvalue weighted by molar-refractivity contribution is 5.85. The smallest absolute Gasteiger partial charge is 0.00145 e. The van der Waals surface area contributed by atoms with Gasteiger partial charge in [-0.15, -0.1) is 12.4 Å². The minimum absolute atomic E-state index is 0. The van der Waals surface area contributed by atoms with Crippen molar-refractivity contribution in [3.05, 3.63) is 0 Å². The van der Waals surface area contributed by atoms with Crippen LogP contribution in [0.15, 0.2) is 0 Å². The Labute approximate surface area is 80.7 Å². The van der Waals surface area contributed by atoms with E-state index in [2.05, 4.69) is 5.32 Å². The Bertz CT molecular complexity index is 145. The topological polar surface area (TPSA) is 12.0 Å². The molecule has 1 heterocycles. The molecule has 0 aromatic heterocycles. The molecule has 70 valence electrons. The molecule has 1 N–H and O–H groups in total. The molecule has 1 aliphatic heterocycles. The molecule has 3 saturated carbocycles. The molecule has 4 aliphatic rings. The number of hydrogen-bond acceptors (Lipinski definition) is 1. The Morgan fingerprint density at radius 3 is 1.58 bits per heavy atom. The van der Waals surface area contributed by atoms with Crippen LogP contribution in [-0.2, 0) is 0 Å². The molecular formula is C10H18ClN. The van der Waals surface area contributed by atoms with Gasteiger partial charge >= 0.3 is 0 Å². The van der Waals surface area contributed by atoms with Crippen molar-refractivity contribution in [1.29, 1.82) is 0 Å². The number of hydrogen-bond donors (Lipinski definition) is 1. The lowest BCUT2D eigenvalue weighted by atomic mass is 9.60. The van der Waals surface area contributed by atoms with E-state index in [0.717, 1.165) is 23.7 Å². The molecule has 2 atom stereocenters. The summed E-state index contributed by atoms with van der Waals surface area (Å²) in [6.07, 6.45) is 6.20. The Morgan fingerprint density at radius 2 is 1.17 bits per heavy atom. The zero-order valence-corrected chi connectivity index (χ0v) is 8.28. The van der Waals surface area contributed by atoms with Gasteiger partial charge < -0.3 is 5.32 Å². The first-order chi connectivity index (χ1) is 5.45. The molecule has 0 amide bonds. The second-order valence-corrected chi connectivity index (χ2v) is 4.66. The standard InChI is InChI=1S/C10H17N.ClH/c1-2-8-4-3-7(1)9-5-11-6-10(8)9;/h7-11H,1-6H2;1H. The van der Waals surface area contributed by atoms with E-state index in [9.17, 15) is 0 Å². The van der Waals surface area contributed by atoms with Crippen LogP contribution >= 0.6 is 12.4 Å². The summed E-state index contributed by atoms with van der Waals surface area (Å²) in [7, 11) is 0. The SMILES string of the molecule is C1CC2CCC1C1CNCC21.Cl. The van der Waals surface area contributed by atoms with Gasteiger partial charge in [0.25, 0.3) is 0 Å². The number of halogens is 1. The van der Waals surface area contributed by atoms with E-state index in [1.807, 2.05) is 0 Å². The highest BCUT2D eigenvalue weighted by atomic mass is 35.5. The molecule has 4 fully saturated rings. The fourth-order valence-electron chi connectivity index (χ4n) is 3.75. The third kappa shape index (κ3) is 1.10. The minimum Gasteiger partial charge on any atom is -0.316 e. The van der Waals surface area contributed by atoms with Gasteiger partial charge in [-0.3, -0.25) is 0 Å². The first kappa shape index (κ1) is 8.83. The summed E-state index contributed by atoms with van der Waals surface area (Å²) in [6.45, 7) is 2.68. The fourth-order valence-corrected chi connectivity index (χ4v) is 3.75. The average Bonchev–Trinajstić information content (AvgIpc) is 2.55. The molecule has 1 saturated heterocycles.